The summed E-state index contributed by atoms with van der Waals surface area (Å²) in [6, 6.07) is 16.3. The second-order valence-corrected chi connectivity index (χ2v) is 10.8. The molecule has 3 aromatic carbocycles. The summed E-state index contributed by atoms with van der Waals surface area (Å²) in [7, 11) is -3.36. The van der Waals surface area contributed by atoms with E-state index in [-0.39, 0.29) is 10.8 Å². The van der Waals surface area contributed by atoms with Gasteiger partial charge in [0.1, 0.15) is 12.4 Å². The van der Waals surface area contributed by atoms with E-state index in [1.807, 2.05) is 43.3 Å². The monoisotopic (exact) mass is 514 g/mol. The standard InChI is InChI=1S/C24H23BrN2O4S/c1-15-3-4-17(12-22(15)26)16-5-8-23-18(11-16)14-27(9-10-31-23)24(28)20-7-6-19(13-21(20)25)32(2,29)30/h3-8,11-13H,9-10,14,26H2,1-2H3. The van der Waals surface area contributed by atoms with Crippen molar-refractivity contribution in [1.82, 2.24) is 4.90 Å². The third kappa shape index (κ3) is 4.52. The van der Waals surface area contributed by atoms with Crippen molar-refractivity contribution in [3.63, 3.8) is 0 Å². The number of hydrogen-bond acceptors (Lipinski definition) is 5. The number of nitrogens with two attached hydrogens (primary N) is 1. The largest absolute Gasteiger partial charge is 0.491 e. The first kappa shape index (κ1) is 22.4. The lowest BCUT2D eigenvalue weighted by Gasteiger charge is -2.21. The van der Waals surface area contributed by atoms with Crippen molar-refractivity contribution in [3.05, 3.63) is 75.8 Å². The highest BCUT2D eigenvalue weighted by Crippen LogP contribution is 2.32. The zero-order valence-corrected chi connectivity index (χ0v) is 20.2. The first-order valence-corrected chi connectivity index (χ1v) is 12.7. The summed E-state index contributed by atoms with van der Waals surface area (Å²) in [5.41, 5.74) is 11.1. The summed E-state index contributed by atoms with van der Waals surface area (Å²) in [5.74, 6) is 0.550. The van der Waals surface area contributed by atoms with E-state index in [1.54, 1.807) is 11.0 Å². The second-order valence-electron chi connectivity index (χ2n) is 7.88. The number of amides is 1. The fraction of sp³-hybridized carbons (Fsp3) is 0.208. The van der Waals surface area contributed by atoms with Crippen molar-refractivity contribution < 1.29 is 17.9 Å². The molecule has 0 atom stereocenters. The first-order chi connectivity index (χ1) is 15.1. The van der Waals surface area contributed by atoms with Crippen LogP contribution in [0.4, 0.5) is 5.69 Å². The number of benzene rings is 3. The molecule has 1 amide bonds. The van der Waals surface area contributed by atoms with Crippen LogP contribution in [0.1, 0.15) is 21.5 Å². The van der Waals surface area contributed by atoms with E-state index in [1.165, 1.54) is 12.1 Å². The molecule has 8 heteroatoms. The molecule has 32 heavy (non-hydrogen) atoms. The van der Waals surface area contributed by atoms with Gasteiger partial charge in [-0.05, 0) is 75.9 Å². The average molecular weight is 515 g/mol. The van der Waals surface area contributed by atoms with E-state index in [4.69, 9.17) is 10.5 Å². The van der Waals surface area contributed by atoms with Gasteiger partial charge in [-0.1, -0.05) is 18.2 Å². The van der Waals surface area contributed by atoms with Crippen LogP contribution in [0.5, 0.6) is 5.75 Å². The van der Waals surface area contributed by atoms with Gasteiger partial charge in [-0.2, -0.15) is 0 Å². The molecule has 0 aliphatic carbocycles. The summed E-state index contributed by atoms with van der Waals surface area (Å²) in [4.78, 5) is 15.1. The van der Waals surface area contributed by atoms with Crippen LogP contribution >= 0.6 is 15.9 Å². The minimum absolute atomic E-state index is 0.160. The number of aryl methyl sites for hydroxylation is 1. The van der Waals surface area contributed by atoms with Crippen LogP contribution in [-0.4, -0.2) is 38.6 Å². The number of nitrogen functional groups attached to an aromatic ring is 1. The molecule has 3 aromatic rings. The van der Waals surface area contributed by atoms with Crippen molar-refractivity contribution in [1.29, 1.82) is 0 Å². The van der Waals surface area contributed by atoms with Crippen molar-refractivity contribution >= 4 is 37.4 Å². The second kappa shape index (κ2) is 8.60. The number of fused-ring (bicyclic) bond motifs is 1. The molecule has 2 N–H and O–H groups in total. The molecule has 0 spiro atoms. The molecule has 1 heterocycles. The predicted octanol–water partition coefficient (Wildman–Crippen LogP) is 4.45. The van der Waals surface area contributed by atoms with Crippen LogP contribution in [0, 0.1) is 6.92 Å². The number of sulfone groups is 1. The van der Waals surface area contributed by atoms with E-state index < -0.39 is 9.84 Å². The lowest BCUT2D eigenvalue weighted by atomic mass is 10.00. The van der Waals surface area contributed by atoms with E-state index in [2.05, 4.69) is 15.9 Å². The van der Waals surface area contributed by atoms with Crippen molar-refractivity contribution in [2.75, 3.05) is 25.1 Å². The summed E-state index contributed by atoms with van der Waals surface area (Å²) in [6.07, 6.45) is 1.14. The predicted molar refractivity (Wildman–Crippen MR) is 129 cm³/mol. The number of carbonyl (C=O) groups excluding carboxylic acids is 1. The smallest absolute Gasteiger partial charge is 0.255 e. The quantitative estimate of drug-likeness (QED) is 0.521. The summed E-state index contributed by atoms with van der Waals surface area (Å²) < 4.78 is 29.9. The number of anilines is 1. The lowest BCUT2D eigenvalue weighted by molar-refractivity contribution is 0.0732. The zero-order chi connectivity index (χ0) is 23.0. The van der Waals surface area contributed by atoms with Gasteiger partial charge < -0.3 is 15.4 Å². The molecule has 0 radical (unpaired) electrons. The summed E-state index contributed by atoms with van der Waals surface area (Å²) in [6.45, 7) is 3.13. The van der Waals surface area contributed by atoms with Gasteiger partial charge in [-0.25, -0.2) is 8.42 Å². The van der Waals surface area contributed by atoms with Crippen LogP contribution in [0.3, 0.4) is 0 Å². The van der Waals surface area contributed by atoms with Crippen molar-refractivity contribution in [2.45, 2.75) is 18.4 Å². The molecule has 0 aromatic heterocycles. The fourth-order valence-electron chi connectivity index (χ4n) is 3.64. The minimum atomic E-state index is -3.36. The molecule has 0 fully saturated rings. The fourth-order valence-corrected chi connectivity index (χ4v) is 4.98. The highest BCUT2D eigenvalue weighted by molar-refractivity contribution is 9.10. The zero-order valence-electron chi connectivity index (χ0n) is 17.8. The van der Waals surface area contributed by atoms with E-state index in [0.717, 1.165) is 39.9 Å². The highest BCUT2D eigenvalue weighted by atomic mass is 79.9. The van der Waals surface area contributed by atoms with Gasteiger partial charge in [-0.15, -0.1) is 0 Å². The Hall–Kier alpha value is -2.84. The minimum Gasteiger partial charge on any atom is -0.491 e. The SMILES string of the molecule is Cc1ccc(-c2ccc3c(c2)CN(C(=O)c2ccc(S(C)(=O)=O)cc2Br)CCO3)cc1N. The topological polar surface area (TPSA) is 89.7 Å². The normalized spacial score (nSPS) is 13.8. The maximum absolute atomic E-state index is 13.3. The van der Waals surface area contributed by atoms with Gasteiger partial charge in [-0.3, -0.25) is 4.79 Å². The van der Waals surface area contributed by atoms with Crippen LogP contribution in [0.25, 0.3) is 11.1 Å². The number of hydrogen-bond donors (Lipinski definition) is 1. The molecule has 166 valence electrons. The molecule has 1 aliphatic rings. The average Bonchev–Trinajstić information content (AvgIpc) is 2.96. The number of halogens is 1. The first-order valence-electron chi connectivity index (χ1n) is 10.0. The van der Waals surface area contributed by atoms with Crippen LogP contribution in [-0.2, 0) is 16.4 Å². The van der Waals surface area contributed by atoms with Gasteiger partial charge in [0.15, 0.2) is 9.84 Å². The van der Waals surface area contributed by atoms with Gasteiger partial charge in [0.2, 0.25) is 0 Å². The molecule has 6 nitrogen and oxygen atoms in total. The van der Waals surface area contributed by atoms with Gasteiger partial charge in [0.25, 0.3) is 5.91 Å². The molecular weight excluding hydrogens is 492 g/mol. The van der Waals surface area contributed by atoms with Crippen LogP contribution in [0.15, 0.2) is 64.0 Å². The third-order valence-corrected chi connectivity index (χ3v) is 7.31. The Morgan fingerprint density at radius 1 is 1.06 bits per heavy atom. The molecule has 0 saturated carbocycles. The van der Waals surface area contributed by atoms with E-state index in [9.17, 15) is 13.2 Å². The molecule has 0 unspecified atom stereocenters. The summed E-state index contributed by atoms with van der Waals surface area (Å²) in [5, 5.41) is 0. The maximum Gasteiger partial charge on any atom is 0.255 e. The number of ether oxygens (including phenoxy) is 1. The van der Waals surface area contributed by atoms with E-state index >= 15 is 0 Å². The Morgan fingerprint density at radius 3 is 2.47 bits per heavy atom. The number of rotatable bonds is 3. The molecule has 0 bridgehead atoms. The Balaban J connectivity index is 1.64. The van der Waals surface area contributed by atoms with Crippen LogP contribution < -0.4 is 10.5 Å². The summed E-state index contributed by atoms with van der Waals surface area (Å²) >= 11 is 3.36. The van der Waals surface area contributed by atoms with E-state index in [0.29, 0.717) is 29.7 Å². The highest BCUT2D eigenvalue weighted by Gasteiger charge is 2.24. The van der Waals surface area contributed by atoms with Gasteiger partial charge in [0, 0.05) is 28.5 Å². The van der Waals surface area contributed by atoms with Gasteiger partial charge >= 0.3 is 0 Å². The Kier molecular flexibility index (Phi) is 6.01. The van der Waals surface area contributed by atoms with Crippen LogP contribution in [0.2, 0.25) is 0 Å². The maximum atomic E-state index is 13.3. The number of nitrogens with zero attached hydrogens (tertiary/aromatic N) is 1. The van der Waals surface area contributed by atoms with Crippen molar-refractivity contribution in [2.24, 2.45) is 0 Å². The Labute approximate surface area is 196 Å². The molecular formula is C24H23BrN2O4S. The van der Waals surface area contributed by atoms with Gasteiger partial charge in [0.05, 0.1) is 17.0 Å². The third-order valence-electron chi connectivity index (χ3n) is 5.54. The molecule has 4 rings (SSSR count). The molecule has 0 saturated heterocycles. The number of carbonyl (C=O) groups is 1. The van der Waals surface area contributed by atoms with Crippen molar-refractivity contribution in [3.8, 4) is 16.9 Å². The lowest BCUT2D eigenvalue weighted by Crippen LogP contribution is -2.32. The molecule has 1 aliphatic heterocycles. The Bertz CT molecular complexity index is 1320. The Morgan fingerprint density at radius 2 is 1.78 bits per heavy atom.